The molecule has 0 bridgehead atoms. The van der Waals surface area contributed by atoms with Crippen molar-refractivity contribution in [2.24, 2.45) is 5.10 Å². The number of hydrogen-bond acceptors (Lipinski definition) is 6. The Labute approximate surface area is 150 Å². The molecule has 1 saturated heterocycles. The molecule has 9 nitrogen and oxygen atoms in total. The smallest absolute Gasteiger partial charge is 0.400 e. The van der Waals surface area contributed by atoms with Gasteiger partial charge in [-0.25, -0.2) is 5.01 Å². The van der Waals surface area contributed by atoms with Crippen LogP contribution in [0.2, 0.25) is 0 Å². The fourth-order valence-electron chi connectivity index (χ4n) is 3.45. The average molecular weight is 362 g/mol. The van der Waals surface area contributed by atoms with Crippen LogP contribution in [0.1, 0.15) is 57.6 Å². The number of carbonyl (C=O) groups is 2. The highest BCUT2D eigenvalue weighted by Gasteiger charge is 2.48. The number of nitrogens with one attached hydrogen (secondary N) is 1. The second-order valence-corrected chi connectivity index (χ2v) is 6.97. The summed E-state index contributed by atoms with van der Waals surface area (Å²) in [6.07, 6.45) is 7.12. The third-order valence-electron chi connectivity index (χ3n) is 5.05. The molecule has 2 fully saturated rings. The van der Waals surface area contributed by atoms with E-state index in [9.17, 15) is 19.7 Å². The van der Waals surface area contributed by atoms with E-state index in [1.807, 2.05) is 0 Å². The zero-order chi connectivity index (χ0) is 18.7. The van der Waals surface area contributed by atoms with Crippen molar-refractivity contribution >= 4 is 23.9 Å². The van der Waals surface area contributed by atoms with E-state index in [2.05, 4.69) is 10.4 Å². The maximum Gasteiger partial charge on any atom is 0.433 e. The van der Waals surface area contributed by atoms with Crippen LogP contribution in [-0.4, -0.2) is 39.5 Å². The minimum atomic E-state index is -1.07. The number of amides is 2. The maximum absolute atomic E-state index is 12.8. The van der Waals surface area contributed by atoms with E-state index < -0.39 is 16.3 Å². The number of furan rings is 1. The van der Waals surface area contributed by atoms with Gasteiger partial charge in [0.25, 0.3) is 0 Å². The summed E-state index contributed by atoms with van der Waals surface area (Å²) in [5, 5.41) is 19.0. The molecule has 0 radical (unpaired) electrons. The van der Waals surface area contributed by atoms with Gasteiger partial charge in [0.1, 0.15) is 10.5 Å². The van der Waals surface area contributed by atoms with Gasteiger partial charge < -0.3 is 9.73 Å². The largest absolute Gasteiger partial charge is 0.433 e. The fourth-order valence-corrected chi connectivity index (χ4v) is 3.45. The number of hydrazone groups is 1. The summed E-state index contributed by atoms with van der Waals surface area (Å²) in [5.41, 5.74) is -1.07. The van der Waals surface area contributed by atoms with Gasteiger partial charge in [0.15, 0.2) is 5.76 Å². The Bertz CT molecular complexity index is 737. The molecule has 26 heavy (non-hydrogen) atoms. The summed E-state index contributed by atoms with van der Waals surface area (Å²) in [5.74, 6) is -0.732. The van der Waals surface area contributed by atoms with Crippen molar-refractivity contribution < 1.29 is 18.9 Å². The summed E-state index contributed by atoms with van der Waals surface area (Å²) in [7, 11) is 0. The monoisotopic (exact) mass is 362 g/mol. The van der Waals surface area contributed by atoms with E-state index >= 15 is 0 Å². The standard InChI is InChI=1S/C17H22N4O5/c1-17(16(23)19-12-5-3-2-4-6-12)10-9-14(22)20(17)18-11-13-7-8-15(26-13)21(24)25/h7-8,11-12H,2-6,9-10H2,1H3,(H,19,23)/b18-11+. The zero-order valence-electron chi connectivity index (χ0n) is 14.6. The summed E-state index contributed by atoms with van der Waals surface area (Å²) >= 11 is 0. The Balaban J connectivity index is 1.72. The molecular weight excluding hydrogens is 340 g/mol. The summed E-state index contributed by atoms with van der Waals surface area (Å²) < 4.78 is 5.00. The number of rotatable bonds is 5. The fraction of sp³-hybridized carbons (Fsp3) is 0.588. The Morgan fingerprint density at radius 1 is 1.42 bits per heavy atom. The van der Waals surface area contributed by atoms with E-state index in [1.165, 1.54) is 29.8 Å². The summed E-state index contributed by atoms with van der Waals surface area (Å²) in [4.78, 5) is 35.0. The lowest BCUT2D eigenvalue weighted by Crippen LogP contribution is -2.55. The van der Waals surface area contributed by atoms with Crippen LogP contribution >= 0.6 is 0 Å². The van der Waals surface area contributed by atoms with Gasteiger partial charge in [-0.15, -0.1) is 0 Å². The van der Waals surface area contributed by atoms with Crippen LogP contribution in [0, 0.1) is 10.1 Å². The maximum atomic E-state index is 12.8. The van der Waals surface area contributed by atoms with Gasteiger partial charge in [-0.2, -0.15) is 5.10 Å². The first-order valence-electron chi connectivity index (χ1n) is 8.82. The quantitative estimate of drug-likeness (QED) is 0.490. The molecule has 1 aromatic heterocycles. The SMILES string of the molecule is CC1(C(=O)NC2CCCCC2)CCC(=O)N1/N=C/c1ccc([N+](=O)[O-])o1. The number of nitrogens with zero attached hydrogens (tertiary/aromatic N) is 3. The lowest BCUT2D eigenvalue weighted by molar-refractivity contribution is -0.402. The van der Waals surface area contributed by atoms with Gasteiger partial charge in [-0.3, -0.25) is 19.7 Å². The van der Waals surface area contributed by atoms with Gasteiger partial charge in [0.2, 0.25) is 11.8 Å². The second-order valence-electron chi connectivity index (χ2n) is 6.97. The van der Waals surface area contributed by atoms with Crippen LogP contribution in [-0.2, 0) is 9.59 Å². The molecule has 9 heteroatoms. The molecule has 2 aliphatic rings. The normalized spacial score (nSPS) is 24.3. The van der Waals surface area contributed by atoms with Gasteiger partial charge in [-0.05, 0) is 32.3 Å². The molecule has 1 unspecified atom stereocenters. The molecule has 1 aliphatic carbocycles. The van der Waals surface area contributed by atoms with Crippen LogP contribution in [0.25, 0.3) is 0 Å². The van der Waals surface area contributed by atoms with Gasteiger partial charge in [0.05, 0.1) is 12.3 Å². The molecule has 1 N–H and O–H groups in total. The van der Waals surface area contributed by atoms with Crippen molar-refractivity contribution in [3.05, 3.63) is 28.0 Å². The van der Waals surface area contributed by atoms with E-state index in [1.54, 1.807) is 6.92 Å². The topological polar surface area (TPSA) is 118 Å². The zero-order valence-corrected chi connectivity index (χ0v) is 14.6. The highest BCUT2D eigenvalue weighted by Crippen LogP contribution is 2.31. The minimum absolute atomic E-state index is 0.141. The Hall–Kier alpha value is -2.71. The van der Waals surface area contributed by atoms with E-state index in [-0.39, 0.29) is 30.0 Å². The number of carbonyl (C=O) groups excluding carboxylic acids is 2. The second kappa shape index (κ2) is 7.27. The first kappa shape index (κ1) is 18.1. The molecule has 0 aromatic carbocycles. The predicted octanol–water partition coefficient (Wildman–Crippen LogP) is 2.35. The van der Waals surface area contributed by atoms with Crippen LogP contribution in [0.5, 0.6) is 0 Å². The molecular formula is C17H22N4O5. The third-order valence-corrected chi connectivity index (χ3v) is 5.05. The van der Waals surface area contributed by atoms with Gasteiger partial charge >= 0.3 is 5.88 Å². The van der Waals surface area contributed by atoms with Crippen LogP contribution < -0.4 is 5.32 Å². The number of hydrogen-bond donors (Lipinski definition) is 1. The lowest BCUT2D eigenvalue weighted by atomic mass is 9.93. The molecule has 140 valence electrons. The van der Waals surface area contributed by atoms with Crippen molar-refractivity contribution in [2.45, 2.75) is 63.5 Å². The highest BCUT2D eigenvalue weighted by atomic mass is 16.6. The predicted molar refractivity (Wildman–Crippen MR) is 92.5 cm³/mol. The molecule has 1 saturated carbocycles. The number of nitro groups is 1. The Morgan fingerprint density at radius 2 is 2.15 bits per heavy atom. The molecule has 2 heterocycles. The van der Waals surface area contributed by atoms with Gasteiger partial charge in [-0.1, -0.05) is 19.3 Å². The lowest BCUT2D eigenvalue weighted by Gasteiger charge is -2.32. The molecule has 3 rings (SSSR count). The highest BCUT2D eigenvalue weighted by molar-refractivity contribution is 5.95. The van der Waals surface area contributed by atoms with E-state index in [0.29, 0.717) is 6.42 Å². The van der Waals surface area contributed by atoms with Crippen LogP contribution in [0.15, 0.2) is 21.7 Å². The molecule has 1 atom stereocenters. The van der Waals surface area contributed by atoms with E-state index in [0.717, 1.165) is 25.7 Å². The third kappa shape index (κ3) is 3.61. The van der Waals surface area contributed by atoms with Crippen molar-refractivity contribution in [3.63, 3.8) is 0 Å². The molecule has 2 amide bonds. The molecule has 1 aromatic rings. The summed E-state index contributed by atoms with van der Waals surface area (Å²) in [6.45, 7) is 1.69. The molecule has 0 spiro atoms. The van der Waals surface area contributed by atoms with Crippen LogP contribution in [0.4, 0.5) is 5.88 Å². The molecule has 1 aliphatic heterocycles. The first-order chi connectivity index (χ1) is 12.4. The van der Waals surface area contributed by atoms with E-state index in [4.69, 9.17) is 4.42 Å². The van der Waals surface area contributed by atoms with Gasteiger partial charge in [0, 0.05) is 12.5 Å². The van der Waals surface area contributed by atoms with Crippen molar-refractivity contribution in [1.29, 1.82) is 0 Å². The Morgan fingerprint density at radius 3 is 2.81 bits per heavy atom. The van der Waals surface area contributed by atoms with Crippen molar-refractivity contribution in [3.8, 4) is 0 Å². The minimum Gasteiger partial charge on any atom is -0.400 e. The average Bonchev–Trinajstić information content (AvgIpc) is 3.20. The van der Waals surface area contributed by atoms with Crippen molar-refractivity contribution in [1.82, 2.24) is 10.3 Å². The Kier molecular flexibility index (Phi) is 5.06. The first-order valence-corrected chi connectivity index (χ1v) is 8.82. The van der Waals surface area contributed by atoms with Crippen LogP contribution in [0.3, 0.4) is 0 Å². The van der Waals surface area contributed by atoms with Crippen molar-refractivity contribution in [2.75, 3.05) is 0 Å². The summed E-state index contributed by atoms with van der Waals surface area (Å²) in [6, 6.07) is 2.74.